The van der Waals surface area contributed by atoms with E-state index < -0.39 is 0 Å². The first kappa shape index (κ1) is 28.8. The minimum absolute atomic E-state index is 0.996. The van der Waals surface area contributed by atoms with Crippen LogP contribution >= 0.6 is 0 Å². The van der Waals surface area contributed by atoms with Gasteiger partial charge in [-0.3, -0.25) is 15.0 Å². The molecule has 11 aromatic rings. The Balaban J connectivity index is 1.15. The van der Waals surface area contributed by atoms with Crippen LogP contribution in [0.1, 0.15) is 0 Å². The summed E-state index contributed by atoms with van der Waals surface area (Å²) in [5.41, 5.74) is 12.5. The predicted octanol–water partition coefficient (Wildman–Crippen LogP) is 12.9. The maximum atomic E-state index is 4.58. The lowest BCUT2D eigenvalue weighted by atomic mass is 9.86. The largest absolute Gasteiger partial charge is 0.256 e. The van der Waals surface area contributed by atoms with E-state index in [2.05, 4.69) is 154 Å². The lowest BCUT2D eigenvalue weighted by Crippen LogP contribution is -1.91. The van der Waals surface area contributed by atoms with Gasteiger partial charge in [0.05, 0.1) is 16.6 Å². The van der Waals surface area contributed by atoms with Gasteiger partial charge in [-0.25, -0.2) is 0 Å². The molecule has 0 spiro atoms. The third-order valence-electron chi connectivity index (χ3n) is 10.7. The van der Waals surface area contributed by atoms with Crippen molar-refractivity contribution < 1.29 is 0 Å². The number of aromatic nitrogens is 3. The third kappa shape index (κ3) is 4.57. The van der Waals surface area contributed by atoms with Gasteiger partial charge in [0.1, 0.15) is 0 Å². The Kier molecular flexibility index (Phi) is 6.25. The molecule has 0 amide bonds. The highest BCUT2D eigenvalue weighted by Crippen LogP contribution is 2.44. The maximum absolute atomic E-state index is 4.58. The van der Waals surface area contributed by atoms with Crippen LogP contribution in [-0.4, -0.2) is 15.0 Å². The van der Waals surface area contributed by atoms with Gasteiger partial charge in [0.15, 0.2) is 0 Å². The van der Waals surface area contributed by atoms with Crippen molar-refractivity contribution >= 4 is 65.0 Å². The molecule has 0 saturated heterocycles. The molecule has 0 aliphatic heterocycles. The highest BCUT2D eigenvalue weighted by molar-refractivity contribution is 6.27. The van der Waals surface area contributed by atoms with E-state index in [1.54, 1.807) is 0 Å². The van der Waals surface area contributed by atoms with Gasteiger partial charge in [0.2, 0.25) is 0 Å². The van der Waals surface area contributed by atoms with Crippen LogP contribution in [0.2, 0.25) is 0 Å². The van der Waals surface area contributed by atoms with E-state index >= 15 is 0 Å². The summed E-state index contributed by atoms with van der Waals surface area (Å²) in [6, 6.07) is 57.5. The Hall–Kier alpha value is -6.97. The Morgan fingerprint density at radius 2 is 0.673 bits per heavy atom. The zero-order valence-electron chi connectivity index (χ0n) is 28.1. The van der Waals surface area contributed by atoms with Gasteiger partial charge in [-0.05, 0) is 150 Å². The van der Waals surface area contributed by atoms with E-state index in [-0.39, 0.29) is 0 Å². The molecule has 240 valence electrons. The van der Waals surface area contributed by atoms with Gasteiger partial charge in [-0.1, -0.05) is 84.9 Å². The molecule has 8 aromatic carbocycles. The molecule has 0 atom stereocenters. The molecule has 0 bridgehead atoms. The molecular weight excluding hydrogens is 631 g/mol. The van der Waals surface area contributed by atoms with Gasteiger partial charge in [-0.2, -0.15) is 0 Å². The maximum Gasteiger partial charge on any atom is 0.0702 e. The van der Waals surface area contributed by atoms with Crippen molar-refractivity contribution in [2.45, 2.75) is 0 Å². The molecule has 0 fully saturated rings. The summed E-state index contributed by atoms with van der Waals surface area (Å²) in [4.78, 5) is 13.7. The summed E-state index contributed by atoms with van der Waals surface area (Å²) in [6.07, 6.45) is 5.56. The van der Waals surface area contributed by atoms with Crippen molar-refractivity contribution in [3.63, 3.8) is 0 Å². The first-order chi connectivity index (χ1) is 25.7. The van der Waals surface area contributed by atoms with Gasteiger partial charge < -0.3 is 0 Å². The molecule has 3 nitrogen and oxygen atoms in total. The normalized spacial score (nSPS) is 11.8. The Morgan fingerprint density at radius 3 is 1.17 bits per heavy atom. The van der Waals surface area contributed by atoms with Crippen molar-refractivity contribution in [2.75, 3.05) is 0 Å². The Labute approximate surface area is 299 Å². The minimum atomic E-state index is 0.996. The minimum Gasteiger partial charge on any atom is -0.256 e. The number of fused-ring (bicyclic) bond motifs is 3. The second-order valence-electron chi connectivity index (χ2n) is 13.7. The summed E-state index contributed by atoms with van der Waals surface area (Å²) < 4.78 is 0. The van der Waals surface area contributed by atoms with Crippen LogP contribution in [0, 0.1) is 0 Å². The SMILES string of the molecule is c1cnc2ccc(-c3cc(-c4ccc5ncccc5c4)cc(-c4ccc5ccc6ccc(-c7ccc8ncccc8c7)c7ccc4c5c67)c3)cc2c1. The van der Waals surface area contributed by atoms with Crippen LogP contribution in [0.3, 0.4) is 0 Å². The van der Waals surface area contributed by atoms with Crippen LogP contribution in [0.25, 0.3) is 110 Å². The first-order valence-electron chi connectivity index (χ1n) is 17.7. The molecule has 11 rings (SSSR count). The second kappa shape index (κ2) is 11.3. The van der Waals surface area contributed by atoms with Crippen LogP contribution < -0.4 is 0 Å². The van der Waals surface area contributed by atoms with E-state index in [1.165, 1.54) is 76.8 Å². The van der Waals surface area contributed by atoms with E-state index in [9.17, 15) is 0 Å². The highest BCUT2D eigenvalue weighted by Gasteiger charge is 2.17. The van der Waals surface area contributed by atoms with Gasteiger partial charge in [0, 0.05) is 34.7 Å². The highest BCUT2D eigenvalue weighted by atomic mass is 14.6. The Bertz CT molecular complexity index is 3100. The molecule has 0 saturated carbocycles. The number of nitrogens with zero attached hydrogens (tertiary/aromatic N) is 3. The third-order valence-corrected chi connectivity index (χ3v) is 10.7. The van der Waals surface area contributed by atoms with Crippen molar-refractivity contribution in [1.29, 1.82) is 0 Å². The summed E-state index contributed by atoms with van der Waals surface area (Å²) in [5.74, 6) is 0. The van der Waals surface area contributed by atoms with Crippen molar-refractivity contribution in [3.8, 4) is 44.5 Å². The van der Waals surface area contributed by atoms with Crippen LogP contribution in [0.15, 0.2) is 176 Å². The number of hydrogen-bond donors (Lipinski definition) is 0. The van der Waals surface area contributed by atoms with Crippen molar-refractivity contribution in [3.05, 3.63) is 176 Å². The fraction of sp³-hybridized carbons (Fsp3) is 0. The first-order valence-corrected chi connectivity index (χ1v) is 17.7. The molecule has 0 radical (unpaired) electrons. The smallest absolute Gasteiger partial charge is 0.0702 e. The molecular formula is C49H29N3. The van der Waals surface area contributed by atoms with Crippen molar-refractivity contribution in [1.82, 2.24) is 15.0 Å². The van der Waals surface area contributed by atoms with Gasteiger partial charge in [0.25, 0.3) is 0 Å². The van der Waals surface area contributed by atoms with Crippen molar-refractivity contribution in [2.24, 2.45) is 0 Å². The quantitative estimate of drug-likeness (QED) is 0.177. The summed E-state index contributed by atoms with van der Waals surface area (Å²) in [7, 11) is 0. The zero-order valence-corrected chi connectivity index (χ0v) is 28.1. The number of rotatable bonds is 4. The predicted molar refractivity (Wildman–Crippen MR) is 218 cm³/mol. The standard InChI is InChI=1S/C49H29N3/c1-4-35-24-32(11-18-45(35)50-21-1)38-27-39(33-12-19-46-36(25-33)5-2-22-51-46)29-40(28-38)42-15-10-31-8-7-30-9-14-41(43-16-17-44(42)49(31)48(30)43)34-13-20-47-37(26-34)6-3-23-52-47/h1-29H. The molecule has 0 aliphatic rings. The van der Waals surface area contributed by atoms with E-state index in [0.717, 1.165) is 32.7 Å². The number of hydrogen-bond acceptors (Lipinski definition) is 3. The molecule has 3 aromatic heterocycles. The lowest BCUT2D eigenvalue weighted by molar-refractivity contribution is 1.41. The molecule has 0 aliphatic carbocycles. The molecule has 0 unspecified atom stereocenters. The second-order valence-corrected chi connectivity index (χ2v) is 13.7. The number of benzene rings is 8. The average Bonchev–Trinajstić information content (AvgIpc) is 3.22. The van der Waals surface area contributed by atoms with Gasteiger partial charge >= 0.3 is 0 Å². The van der Waals surface area contributed by atoms with E-state index in [4.69, 9.17) is 0 Å². The molecule has 52 heavy (non-hydrogen) atoms. The van der Waals surface area contributed by atoms with Gasteiger partial charge in [-0.15, -0.1) is 0 Å². The molecule has 3 heterocycles. The van der Waals surface area contributed by atoms with Crippen LogP contribution in [0.5, 0.6) is 0 Å². The fourth-order valence-corrected chi connectivity index (χ4v) is 8.17. The van der Waals surface area contributed by atoms with Crippen LogP contribution in [-0.2, 0) is 0 Å². The Morgan fingerprint density at radius 1 is 0.269 bits per heavy atom. The zero-order chi connectivity index (χ0) is 34.2. The summed E-state index contributed by atoms with van der Waals surface area (Å²) in [6.45, 7) is 0. The fourth-order valence-electron chi connectivity index (χ4n) is 8.17. The average molecular weight is 660 g/mol. The topological polar surface area (TPSA) is 38.7 Å². The summed E-state index contributed by atoms with van der Waals surface area (Å²) >= 11 is 0. The lowest BCUT2D eigenvalue weighted by Gasteiger charge is -2.18. The summed E-state index contributed by atoms with van der Waals surface area (Å²) in [5, 5.41) is 11.0. The van der Waals surface area contributed by atoms with Crippen LogP contribution in [0.4, 0.5) is 0 Å². The molecule has 3 heteroatoms. The monoisotopic (exact) mass is 659 g/mol. The van der Waals surface area contributed by atoms with E-state index in [1.807, 2.05) is 36.8 Å². The number of pyridine rings is 3. The molecule has 0 N–H and O–H groups in total. The van der Waals surface area contributed by atoms with E-state index in [0.29, 0.717) is 0 Å².